The van der Waals surface area contributed by atoms with Gasteiger partial charge in [-0.3, -0.25) is 4.90 Å². The van der Waals surface area contributed by atoms with Crippen LogP contribution >= 0.6 is 0 Å². The quantitative estimate of drug-likeness (QED) is 0.624. The number of ether oxygens (including phenoxy) is 1. The van der Waals surface area contributed by atoms with Crippen LogP contribution in [-0.2, 0) is 14.6 Å². The van der Waals surface area contributed by atoms with Crippen LogP contribution in [0.25, 0.3) is 0 Å². The summed E-state index contributed by atoms with van der Waals surface area (Å²) in [6, 6.07) is 16.2. The first-order chi connectivity index (χ1) is 10.4. The second kappa shape index (κ2) is 6.72. The first-order valence-corrected chi connectivity index (χ1v) is 8.19. The number of sulfone groups is 1. The largest absolute Gasteiger partial charge is 0.427 e. The van der Waals surface area contributed by atoms with Gasteiger partial charge in [0.05, 0.1) is 10.5 Å². The van der Waals surface area contributed by atoms with E-state index in [0.29, 0.717) is 5.56 Å². The fourth-order valence-corrected chi connectivity index (χ4v) is 3.45. The lowest BCUT2D eigenvalue weighted by atomic mass is 10.2. The second-order valence-corrected chi connectivity index (χ2v) is 6.86. The van der Waals surface area contributed by atoms with Crippen molar-refractivity contribution in [2.45, 2.75) is 10.5 Å². The van der Waals surface area contributed by atoms with Crippen molar-refractivity contribution in [3.05, 3.63) is 66.2 Å². The number of carbonyl (C=O) groups is 1. The average molecular weight is 319 g/mol. The van der Waals surface area contributed by atoms with Crippen LogP contribution in [-0.4, -0.2) is 38.9 Å². The Morgan fingerprint density at radius 1 is 0.955 bits per heavy atom. The molecule has 0 aliphatic carbocycles. The normalized spacial score (nSPS) is 12.9. The molecule has 0 N–H and O–H groups in total. The number of hydrogen-bond acceptors (Lipinski definition) is 5. The van der Waals surface area contributed by atoms with Crippen molar-refractivity contribution in [2.24, 2.45) is 0 Å². The summed E-state index contributed by atoms with van der Waals surface area (Å²) in [6.07, 6.45) is 0. The van der Waals surface area contributed by atoms with E-state index in [2.05, 4.69) is 0 Å². The molecule has 2 aromatic rings. The molecule has 0 aliphatic rings. The third-order valence-electron chi connectivity index (χ3n) is 2.98. The molecular formula is C16H17NO4S. The van der Waals surface area contributed by atoms with E-state index in [4.69, 9.17) is 4.74 Å². The molecular weight excluding hydrogens is 302 g/mol. The second-order valence-electron chi connectivity index (χ2n) is 4.90. The first kappa shape index (κ1) is 16.2. The molecule has 1 unspecified atom stereocenters. The van der Waals surface area contributed by atoms with Gasteiger partial charge in [0.1, 0.15) is 0 Å². The Morgan fingerprint density at radius 3 is 1.95 bits per heavy atom. The van der Waals surface area contributed by atoms with E-state index in [0.717, 1.165) is 0 Å². The van der Waals surface area contributed by atoms with Crippen LogP contribution in [0.2, 0.25) is 0 Å². The van der Waals surface area contributed by atoms with Crippen LogP contribution in [0.3, 0.4) is 0 Å². The molecule has 116 valence electrons. The van der Waals surface area contributed by atoms with Crippen molar-refractivity contribution >= 4 is 15.8 Å². The first-order valence-electron chi connectivity index (χ1n) is 6.64. The Balaban J connectivity index is 2.30. The predicted molar refractivity (Wildman–Crippen MR) is 83.0 cm³/mol. The summed E-state index contributed by atoms with van der Waals surface area (Å²) in [5, 5.41) is 0. The standard InChI is InChI=1S/C16H17NO4S/c1-17(2)16(21-15(18)13-9-5-3-6-10-13)22(19,20)14-11-7-4-8-12-14/h3-12,16H,1-2H3. The van der Waals surface area contributed by atoms with E-state index < -0.39 is 21.4 Å². The van der Waals surface area contributed by atoms with Crippen molar-refractivity contribution in [2.75, 3.05) is 14.1 Å². The van der Waals surface area contributed by atoms with Crippen LogP contribution in [0.1, 0.15) is 10.4 Å². The zero-order valence-corrected chi connectivity index (χ0v) is 13.2. The molecule has 0 aliphatic heterocycles. The maximum atomic E-state index is 12.6. The van der Waals surface area contributed by atoms with E-state index in [1.807, 2.05) is 0 Å². The molecule has 0 saturated heterocycles. The summed E-state index contributed by atoms with van der Waals surface area (Å²) in [5.74, 6) is -0.682. The molecule has 0 fully saturated rings. The van der Waals surface area contributed by atoms with Crippen molar-refractivity contribution < 1.29 is 17.9 Å². The Kier molecular flexibility index (Phi) is 4.95. The topological polar surface area (TPSA) is 63.7 Å². The molecule has 1 atom stereocenters. The van der Waals surface area contributed by atoms with Crippen LogP contribution in [0, 0.1) is 0 Å². The molecule has 5 nitrogen and oxygen atoms in total. The number of rotatable bonds is 5. The van der Waals surface area contributed by atoms with Crippen LogP contribution in [0.15, 0.2) is 65.6 Å². The summed E-state index contributed by atoms with van der Waals surface area (Å²) in [4.78, 5) is 13.6. The number of esters is 1. The SMILES string of the molecule is CN(C)C(OC(=O)c1ccccc1)S(=O)(=O)c1ccccc1. The summed E-state index contributed by atoms with van der Waals surface area (Å²) in [6.45, 7) is 0. The van der Waals surface area contributed by atoms with Gasteiger partial charge in [0.15, 0.2) is 0 Å². The lowest BCUT2D eigenvalue weighted by Crippen LogP contribution is -2.39. The third kappa shape index (κ3) is 3.52. The van der Waals surface area contributed by atoms with Gasteiger partial charge in [-0.05, 0) is 38.4 Å². The van der Waals surface area contributed by atoms with E-state index in [1.165, 1.54) is 17.0 Å². The van der Waals surface area contributed by atoms with Gasteiger partial charge in [-0.1, -0.05) is 36.4 Å². The van der Waals surface area contributed by atoms with Gasteiger partial charge >= 0.3 is 5.97 Å². The highest BCUT2D eigenvalue weighted by Gasteiger charge is 2.33. The minimum atomic E-state index is -3.82. The smallest absolute Gasteiger partial charge is 0.340 e. The zero-order chi connectivity index (χ0) is 16.2. The zero-order valence-electron chi connectivity index (χ0n) is 12.3. The van der Waals surface area contributed by atoms with Gasteiger partial charge < -0.3 is 4.74 Å². The van der Waals surface area contributed by atoms with Crippen LogP contribution in [0.4, 0.5) is 0 Å². The molecule has 0 saturated carbocycles. The number of benzene rings is 2. The summed E-state index contributed by atoms with van der Waals surface area (Å²) < 4.78 is 30.5. The molecule has 6 heteroatoms. The Labute approximate surface area is 130 Å². The molecule has 0 radical (unpaired) electrons. The van der Waals surface area contributed by atoms with Crippen molar-refractivity contribution in [1.82, 2.24) is 4.90 Å². The lowest BCUT2D eigenvalue weighted by Gasteiger charge is -2.24. The van der Waals surface area contributed by atoms with Gasteiger partial charge in [-0.2, -0.15) is 0 Å². The fourth-order valence-electron chi connectivity index (χ4n) is 1.91. The molecule has 0 aromatic heterocycles. The van der Waals surface area contributed by atoms with Gasteiger partial charge in [0, 0.05) is 0 Å². The average Bonchev–Trinajstić information content (AvgIpc) is 2.53. The van der Waals surface area contributed by atoms with Gasteiger partial charge in [-0.15, -0.1) is 0 Å². The monoisotopic (exact) mass is 319 g/mol. The molecule has 0 bridgehead atoms. The highest BCUT2D eigenvalue weighted by Crippen LogP contribution is 2.19. The fraction of sp³-hybridized carbons (Fsp3) is 0.188. The third-order valence-corrected chi connectivity index (χ3v) is 4.95. The highest BCUT2D eigenvalue weighted by molar-refractivity contribution is 7.91. The number of hydrogen-bond donors (Lipinski definition) is 0. The highest BCUT2D eigenvalue weighted by atomic mass is 32.2. The van der Waals surface area contributed by atoms with Crippen molar-refractivity contribution in [3.8, 4) is 0 Å². The van der Waals surface area contributed by atoms with E-state index in [9.17, 15) is 13.2 Å². The molecule has 2 rings (SSSR count). The maximum absolute atomic E-state index is 12.6. The van der Waals surface area contributed by atoms with E-state index in [1.54, 1.807) is 62.6 Å². The predicted octanol–water partition coefficient (Wildman–Crippen LogP) is 2.16. The molecule has 0 heterocycles. The number of nitrogens with zero attached hydrogens (tertiary/aromatic N) is 1. The summed E-state index contributed by atoms with van der Waals surface area (Å²) in [5.41, 5.74) is -1.08. The van der Waals surface area contributed by atoms with E-state index in [-0.39, 0.29) is 4.90 Å². The number of carbonyl (C=O) groups excluding carboxylic acids is 1. The van der Waals surface area contributed by atoms with Crippen LogP contribution < -0.4 is 0 Å². The van der Waals surface area contributed by atoms with Gasteiger partial charge in [0.25, 0.3) is 5.56 Å². The van der Waals surface area contributed by atoms with Crippen molar-refractivity contribution in [3.63, 3.8) is 0 Å². The van der Waals surface area contributed by atoms with E-state index >= 15 is 0 Å². The summed E-state index contributed by atoms with van der Waals surface area (Å²) in [7, 11) is -0.730. The summed E-state index contributed by atoms with van der Waals surface area (Å²) >= 11 is 0. The molecule has 0 spiro atoms. The lowest BCUT2D eigenvalue weighted by molar-refractivity contribution is 0.0175. The minimum Gasteiger partial charge on any atom is -0.427 e. The molecule has 2 aromatic carbocycles. The van der Waals surface area contributed by atoms with Crippen molar-refractivity contribution in [1.29, 1.82) is 0 Å². The van der Waals surface area contributed by atoms with Crippen LogP contribution in [0.5, 0.6) is 0 Å². The maximum Gasteiger partial charge on any atom is 0.340 e. The van der Waals surface area contributed by atoms with Gasteiger partial charge in [0.2, 0.25) is 9.84 Å². The Morgan fingerprint density at radius 2 is 1.45 bits per heavy atom. The Hall–Kier alpha value is -2.18. The van der Waals surface area contributed by atoms with Gasteiger partial charge in [-0.25, -0.2) is 13.2 Å². The molecule has 0 amide bonds. The molecule has 22 heavy (non-hydrogen) atoms. The Bertz CT molecular complexity index is 727. The minimum absolute atomic E-state index is 0.106.